The average molecular weight is 387 g/mol. The van der Waals surface area contributed by atoms with Crippen LogP contribution in [0.2, 0.25) is 5.02 Å². The number of pyridine rings is 1. The number of ether oxygens (including phenoxy) is 1. The van der Waals surface area contributed by atoms with Crippen molar-refractivity contribution in [3.8, 4) is 0 Å². The molecule has 1 heterocycles. The van der Waals surface area contributed by atoms with E-state index in [1.54, 1.807) is 31.2 Å². The Hall–Kier alpha value is -2.99. The molecule has 0 aliphatic carbocycles. The lowest BCUT2D eigenvalue weighted by Crippen LogP contribution is -2.30. The molecule has 1 N–H and O–H groups in total. The van der Waals surface area contributed by atoms with E-state index in [1.807, 2.05) is 6.07 Å². The van der Waals surface area contributed by atoms with Crippen molar-refractivity contribution in [2.24, 2.45) is 0 Å². The second-order valence-electron chi connectivity index (χ2n) is 5.99. The highest BCUT2D eigenvalue weighted by molar-refractivity contribution is 6.33. The van der Waals surface area contributed by atoms with Crippen LogP contribution in [0.5, 0.6) is 0 Å². The number of nitrogens with zero attached hydrogens (tertiary/aromatic N) is 1. The number of benzene rings is 2. The summed E-state index contributed by atoms with van der Waals surface area (Å²) in [4.78, 5) is 29.3. The van der Waals surface area contributed by atoms with Crippen LogP contribution in [-0.2, 0) is 9.53 Å². The van der Waals surface area contributed by atoms with Gasteiger partial charge >= 0.3 is 5.97 Å². The number of hydrogen-bond donors (Lipinski definition) is 1. The number of amides is 1. The number of nitrogens with one attached hydrogen (secondary N) is 1. The molecule has 1 aromatic heterocycles. The number of rotatable bonds is 4. The number of esters is 1. The Morgan fingerprint density at radius 1 is 1.19 bits per heavy atom. The highest BCUT2D eigenvalue weighted by atomic mass is 35.5. The average Bonchev–Trinajstić information content (AvgIpc) is 2.63. The number of carbonyl (C=O) groups excluding carboxylic acids is 2. The molecular formula is C20H16ClFN2O3. The van der Waals surface area contributed by atoms with Crippen molar-refractivity contribution in [3.63, 3.8) is 0 Å². The lowest BCUT2D eigenvalue weighted by Gasteiger charge is -2.15. The molecule has 0 spiro atoms. The van der Waals surface area contributed by atoms with Gasteiger partial charge in [0.15, 0.2) is 6.10 Å². The summed E-state index contributed by atoms with van der Waals surface area (Å²) in [5.74, 6) is -1.73. The molecular weight excluding hydrogens is 371 g/mol. The molecule has 3 rings (SSSR count). The van der Waals surface area contributed by atoms with Gasteiger partial charge in [-0.25, -0.2) is 9.18 Å². The van der Waals surface area contributed by atoms with Crippen LogP contribution >= 0.6 is 11.6 Å². The molecule has 0 unspecified atom stereocenters. The highest BCUT2D eigenvalue weighted by Gasteiger charge is 2.21. The molecule has 138 valence electrons. The molecule has 0 fully saturated rings. The molecule has 1 amide bonds. The zero-order valence-corrected chi connectivity index (χ0v) is 15.4. The van der Waals surface area contributed by atoms with E-state index in [-0.39, 0.29) is 10.7 Å². The second-order valence-corrected chi connectivity index (χ2v) is 6.40. The second kappa shape index (κ2) is 7.72. The van der Waals surface area contributed by atoms with Crippen molar-refractivity contribution < 1.29 is 18.7 Å². The van der Waals surface area contributed by atoms with Gasteiger partial charge in [0.2, 0.25) is 0 Å². The first-order chi connectivity index (χ1) is 12.8. The van der Waals surface area contributed by atoms with Gasteiger partial charge in [0, 0.05) is 11.1 Å². The van der Waals surface area contributed by atoms with Crippen LogP contribution in [0.15, 0.2) is 48.5 Å². The van der Waals surface area contributed by atoms with Crippen molar-refractivity contribution in [1.29, 1.82) is 0 Å². The minimum Gasteiger partial charge on any atom is -0.449 e. The van der Waals surface area contributed by atoms with Gasteiger partial charge in [-0.15, -0.1) is 0 Å². The largest absolute Gasteiger partial charge is 0.449 e. The lowest BCUT2D eigenvalue weighted by molar-refractivity contribution is -0.123. The molecule has 0 bridgehead atoms. The number of anilines is 1. The lowest BCUT2D eigenvalue weighted by atomic mass is 10.1. The van der Waals surface area contributed by atoms with E-state index in [1.165, 1.54) is 19.1 Å². The summed E-state index contributed by atoms with van der Waals surface area (Å²) in [5, 5.41) is 3.21. The zero-order chi connectivity index (χ0) is 19.6. The number of hydrogen-bond acceptors (Lipinski definition) is 4. The molecule has 0 aliphatic heterocycles. The molecule has 0 radical (unpaired) electrons. The zero-order valence-electron chi connectivity index (χ0n) is 14.6. The Morgan fingerprint density at radius 2 is 1.93 bits per heavy atom. The van der Waals surface area contributed by atoms with Crippen LogP contribution < -0.4 is 5.32 Å². The van der Waals surface area contributed by atoms with E-state index in [0.717, 1.165) is 6.07 Å². The van der Waals surface area contributed by atoms with Gasteiger partial charge in [0.25, 0.3) is 5.91 Å². The Morgan fingerprint density at radius 3 is 2.67 bits per heavy atom. The normalized spacial score (nSPS) is 11.9. The first-order valence-electron chi connectivity index (χ1n) is 8.18. The van der Waals surface area contributed by atoms with Crippen LogP contribution in [0, 0.1) is 12.7 Å². The van der Waals surface area contributed by atoms with Crippen LogP contribution in [0.4, 0.5) is 10.1 Å². The molecule has 0 saturated heterocycles. The summed E-state index contributed by atoms with van der Waals surface area (Å²) < 4.78 is 18.4. The maximum atomic E-state index is 13.1. The third-order valence-corrected chi connectivity index (χ3v) is 4.22. The van der Waals surface area contributed by atoms with Crippen LogP contribution in [-0.4, -0.2) is 23.0 Å². The first kappa shape index (κ1) is 18.8. The van der Waals surface area contributed by atoms with Crippen LogP contribution in [0.3, 0.4) is 0 Å². The molecule has 0 saturated carbocycles. The van der Waals surface area contributed by atoms with E-state index in [9.17, 15) is 14.0 Å². The van der Waals surface area contributed by atoms with Gasteiger partial charge in [-0.05, 0) is 44.2 Å². The SMILES string of the molecule is Cc1cc(C(=O)O[C@@H](C)C(=O)Nc2ccc(F)cc2Cl)c2ccccc2n1. The Kier molecular flexibility index (Phi) is 5.37. The fourth-order valence-electron chi connectivity index (χ4n) is 2.58. The number of carbonyl (C=O) groups is 2. The van der Waals surface area contributed by atoms with Crippen LogP contribution in [0.25, 0.3) is 10.9 Å². The summed E-state index contributed by atoms with van der Waals surface area (Å²) in [6.45, 7) is 3.22. The smallest absolute Gasteiger partial charge is 0.339 e. The maximum absolute atomic E-state index is 13.1. The fourth-order valence-corrected chi connectivity index (χ4v) is 2.79. The number of fused-ring (bicyclic) bond motifs is 1. The van der Waals surface area contributed by atoms with E-state index < -0.39 is 23.8 Å². The number of para-hydroxylation sites is 1. The molecule has 5 nitrogen and oxygen atoms in total. The fraction of sp³-hybridized carbons (Fsp3) is 0.150. The summed E-state index contributed by atoms with van der Waals surface area (Å²) in [6.07, 6.45) is -1.08. The van der Waals surface area contributed by atoms with E-state index in [2.05, 4.69) is 10.3 Å². The standard InChI is InChI=1S/C20H16ClFN2O3/c1-11-9-15(14-5-3-4-6-17(14)23-11)20(26)27-12(2)19(25)24-18-8-7-13(22)10-16(18)21/h3-10,12H,1-2H3,(H,24,25)/t12-/m0/s1. The predicted octanol–water partition coefficient (Wildman–Crippen LogP) is 4.52. The topological polar surface area (TPSA) is 68.3 Å². The molecule has 27 heavy (non-hydrogen) atoms. The Labute approximate surface area is 160 Å². The van der Waals surface area contributed by atoms with Gasteiger partial charge in [0.1, 0.15) is 5.82 Å². The minimum atomic E-state index is -1.08. The van der Waals surface area contributed by atoms with Gasteiger partial charge in [-0.1, -0.05) is 29.8 Å². The van der Waals surface area contributed by atoms with Crippen molar-refractivity contribution in [2.75, 3.05) is 5.32 Å². The number of aromatic nitrogens is 1. The maximum Gasteiger partial charge on any atom is 0.339 e. The number of halogens is 2. The van der Waals surface area contributed by atoms with Crippen molar-refractivity contribution in [2.45, 2.75) is 20.0 Å². The summed E-state index contributed by atoms with van der Waals surface area (Å²) in [7, 11) is 0. The van der Waals surface area contributed by atoms with Gasteiger partial charge in [-0.3, -0.25) is 9.78 Å². The summed E-state index contributed by atoms with van der Waals surface area (Å²) in [5.41, 5.74) is 1.89. The molecule has 0 aliphatic rings. The van der Waals surface area contributed by atoms with E-state index in [0.29, 0.717) is 22.2 Å². The summed E-state index contributed by atoms with van der Waals surface area (Å²) in [6, 6.07) is 12.4. The molecule has 1 atom stereocenters. The third kappa shape index (κ3) is 4.23. The third-order valence-electron chi connectivity index (χ3n) is 3.91. The first-order valence-corrected chi connectivity index (χ1v) is 8.56. The van der Waals surface area contributed by atoms with Crippen molar-refractivity contribution in [3.05, 3.63) is 70.6 Å². The Bertz CT molecular complexity index is 1040. The van der Waals surface area contributed by atoms with Gasteiger partial charge in [-0.2, -0.15) is 0 Å². The monoisotopic (exact) mass is 386 g/mol. The molecule has 3 aromatic rings. The predicted molar refractivity (Wildman–Crippen MR) is 101 cm³/mol. The Balaban J connectivity index is 1.77. The van der Waals surface area contributed by atoms with Crippen molar-refractivity contribution >= 4 is 40.1 Å². The van der Waals surface area contributed by atoms with E-state index in [4.69, 9.17) is 16.3 Å². The number of aryl methyl sites for hydroxylation is 1. The summed E-state index contributed by atoms with van der Waals surface area (Å²) >= 11 is 5.89. The molecule has 7 heteroatoms. The molecule has 2 aromatic carbocycles. The van der Waals surface area contributed by atoms with Gasteiger partial charge < -0.3 is 10.1 Å². The highest BCUT2D eigenvalue weighted by Crippen LogP contribution is 2.23. The van der Waals surface area contributed by atoms with E-state index >= 15 is 0 Å². The van der Waals surface area contributed by atoms with Crippen LogP contribution in [0.1, 0.15) is 23.0 Å². The van der Waals surface area contributed by atoms with Gasteiger partial charge in [0.05, 0.1) is 21.8 Å². The van der Waals surface area contributed by atoms with Crippen molar-refractivity contribution in [1.82, 2.24) is 4.98 Å². The minimum absolute atomic E-state index is 0.0534. The quantitative estimate of drug-likeness (QED) is 0.669.